The highest BCUT2D eigenvalue weighted by molar-refractivity contribution is 6.26. The summed E-state index contributed by atoms with van der Waals surface area (Å²) in [6.45, 7) is 7.88. The normalized spacial score (nSPS) is 15.5. The van der Waals surface area contributed by atoms with Crippen molar-refractivity contribution in [3.05, 3.63) is 229 Å². The molecular weight excluding hydrogens is 809 g/mol. The van der Waals surface area contributed by atoms with Gasteiger partial charge in [0.1, 0.15) is 0 Å². The lowest BCUT2D eigenvalue weighted by Crippen LogP contribution is -2.18. The molecule has 14 rings (SSSR count). The molecule has 2 heterocycles. The van der Waals surface area contributed by atoms with E-state index in [0.717, 1.165) is 12.1 Å². The Hall–Kier alpha value is -7.94. The molecule has 0 saturated heterocycles. The van der Waals surface area contributed by atoms with Gasteiger partial charge >= 0.3 is 0 Å². The molecule has 0 bridgehead atoms. The van der Waals surface area contributed by atoms with E-state index in [9.17, 15) is 0 Å². The molecule has 67 heavy (non-hydrogen) atoms. The second-order valence-electron chi connectivity index (χ2n) is 19.7. The van der Waals surface area contributed by atoms with Crippen molar-refractivity contribution in [2.45, 2.75) is 39.2 Å². The van der Waals surface area contributed by atoms with E-state index in [4.69, 9.17) is 0 Å². The Kier molecular flexibility index (Phi) is 8.17. The Balaban J connectivity index is 0.900. The van der Waals surface area contributed by atoms with Gasteiger partial charge in [-0.2, -0.15) is 0 Å². The summed E-state index contributed by atoms with van der Waals surface area (Å²) in [5, 5.41) is 13.0. The second kappa shape index (κ2) is 14.3. The van der Waals surface area contributed by atoms with Gasteiger partial charge in [0.15, 0.2) is 0 Å². The lowest BCUT2D eigenvalue weighted by Gasteiger charge is -2.28. The number of benzene rings is 10. The molecule has 0 radical (unpaired) electrons. The van der Waals surface area contributed by atoms with Gasteiger partial charge in [-0.25, -0.2) is 0 Å². The van der Waals surface area contributed by atoms with Crippen LogP contribution < -0.4 is 4.90 Å². The number of nitrogens with zero attached hydrogens (tertiary/aromatic N) is 2. The van der Waals surface area contributed by atoms with Gasteiger partial charge in [0, 0.05) is 50.4 Å². The number of aromatic nitrogens is 1. The smallest absolute Gasteiger partial charge is 0.0620 e. The Bertz CT molecular complexity index is 4030. The maximum atomic E-state index is 2.50. The summed E-state index contributed by atoms with van der Waals surface area (Å²) in [5.74, 6) is 0.556. The highest BCUT2D eigenvalue weighted by atomic mass is 15.1. The molecule has 0 amide bonds. The predicted octanol–water partition coefficient (Wildman–Crippen LogP) is 17.6. The van der Waals surface area contributed by atoms with Crippen molar-refractivity contribution < 1.29 is 0 Å². The van der Waals surface area contributed by atoms with Crippen molar-refractivity contribution in [3.8, 4) is 22.3 Å². The Labute approximate surface area is 390 Å². The lowest BCUT2D eigenvalue weighted by atomic mass is 9.76. The second-order valence-corrected chi connectivity index (χ2v) is 19.7. The minimum absolute atomic E-state index is 0.0575. The first-order chi connectivity index (χ1) is 32.9. The van der Waals surface area contributed by atoms with Gasteiger partial charge in [0.2, 0.25) is 0 Å². The molecular formula is C65H48N2. The number of hydrogen-bond acceptors (Lipinski definition) is 1. The lowest BCUT2D eigenvalue weighted by molar-refractivity contribution is 0.644. The van der Waals surface area contributed by atoms with Crippen molar-refractivity contribution in [1.82, 2.24) is 4.40 Å². The molecule has 12 aromatic rings. The number of anilines is 2. The summed E-state index contributed by atoms with van der Waals surface area (Å²) in [6, 6.07) is 72.9. The van der Waals surface area contributed by atoms with Gasteiger partial charge in [-0.05, 0) is 126 Å². The van der Waals surface area contributed by atoms with Crippen LogP contribution in [0.25, 0.3) is 98.2 Å². The first kappa shape index (κ1) is 38.3. The van der Waals surface area contributed by atoms with E-state index in [0.29, 0.717) is 12.5 Å². The molecule has 0 spiro atoms. The monoisotopic (exact) mass is 856 g/mol. The van der Waals surface area contributed by atoms with E-state index in [1.165, 1.54) is 126 Å². The van der Waals surface area contributed by atoms with Crippen LogP contribution in [-0.4, -0.2) is 4.40 Å². The van der Waals surface area contributed by atoms with Gasteiger partial charge in [0.25, 0.3) is 0 Å². The number of hydrogen-bond donors (Lipinski definition) is 0. The minimum Gasteiger partial charge on any atom is -0.337 e. The summed E-state index contributed by atoms with van der Waals surface area (Å²) >= 11 is 0. The molecule has 0 fully saturated rings. The Morgan fingerprint density at radius 2 is 0.985 bits per heavy atom. The van der Waals surface area contributed by atoms with Gasteiger partial charge in [0.05, 0.1) is 16.6 Å². The fraction of sp³-hybridized carbons (Fsp3) is 0.108. The summed E-state index contributed by atoms with van der Waals surface area (Å²) < 4.78 is 2.50. The van der Waals surface area contributed by atoms with Crippen LogP contribution in [0.1, 0.15) is 43.9 Å². The molecule has 0 N–H and O–H groups in total. The summed E-state index contributed by atoms with van der Waals surface area (Å²) in [6.07, 6.45) is 5.91. The maximum Gasteiger partial charge on any atom is 0.0620 e. The zero-order valence-electron chi connectivity index (χ0n) is 38.0. The molecule has 2 aromatic heterocycles. The molecule has 2 nitrogen and oxygen atoms in total. The zero-order chi connectivity index (χ0) is 44.5. The van der Waals surface area contributed by atoms with Crippen LogP contribution >= 0.6 is 0 Å². The van der Waals surface area contributed by atoms with Crippen molar-refractivity contribution in [2.75, 3.05) is 4.90 Å². The molecule has 2 heteroatoms. The van der Waals surface area contributed by atoms with Crippen LogP contribution in [0.5, 0.6) is 0 Å². The summed E-state index contributed by atoms with van der Waals surface area (Å²) in [5.41, 5.74) is 18.3. The van der Waals surface area contributed by atoms with Gasteiger partial charge < -0.3 is 9.30 Å². The largest absolute Gasteiger partial charge is 0.337 e. The predicted molar refractivity (Wildman–Crippen MR) is 286 cm³/mol. The number of fused-ring (bicyclic) bond motifs is 14. The van der Waals surface area contributed by atoms with E-state index in [2.05, 4.69) is 236 Å². The molecule has 0 saturated carbocycles. The number of rotatable bonds is 6. The third kappa shape index (κ3) is 5.57. The third-order valence-corrected chi connectivity index (χ3v) is 15.5. The molecule has 2 aliphatic carbocycles. The first-order valence-electron chi connectivity index (χ1n) is 23.9. The van der Waals surface area contributed by atoms with Gasteiger partial charge in [-0.3, -0.25) is 0 Å². The molecule has 10 aromatic carbocycles. The van der Waals surface area contributed by atoms with Crippen molar-refractivity contribution in [1.29, 1.82) is 0 Å². The molecule has 1 unspecified atom stereocenters. The Morgan fingerprint density at radius 1 is 0.478 bits per heavy atom. The SMILES string of the molecule is CC1C=CC2=C(C1)c1cccc(-c3ccc(N(Cc4ccc5c6ccccc6c6ccccc6c5c4)c4ccc(-c5cccc6c7cccc8c9ccccc9n(c56)c87)cc4)cc3)c1C2(C)C. The quantitative estimate of drug-likeness (QED) is 0.151. The van der Waals surface area contributed by atoms with E-state index < -0.39 is 0 Å². The average Bonchev–Trinajstić information content (AvgIpc) is 3.98. The topological polar surface area (TPSA) is 7.65 Å². The van der Waals surface area contributed by atoms with Crippen molar-refractivity contribution in [2.24, 2.45) is 5.92 Å². The fourth-order valence-electron chi connectivity index (χ4n) is 12.5. The molecule has 2 aliphatic rings. The number of allylic oxidation sites excluding steroid dienone is 4. The van der Waals surface area contributed by atoms with Crippen LogP contribution in [0.4, 0.5) is 11.4 Å². The van der Waals surface area contributed by atoms with Crippen LogP contribution in [0, 0.1) is 5.92 Å². The zero-order valence-corrected chi connectivity index (χ0v) is 38.0. The minimum atomic E-state index is -0.0575. The van der Waals surface area contributed by atoms with Crippen molar-refractivity contribution in [3.63, 3.8) is 0 Å². The van der Waals surface area contributed by atoms with E-state index >= 15 is 0 Å². The molecule has 1 atom stereocenters. The molecule has 0 aliphatic heterocycles. The standard InChI is InChI=1S/C65H48N2/c1-40-25-36-60-59(37-40)54-20-10-18-46(62(54)65(60,2)3)42-27-31-44(32-28-42)66(39-41-26-35-52-50-15-5-4-13-48(50)49-14-6-7-16-51(49)58(52)38-41)45-33-29-43(30-34-45)47-19-11-22-56-57-23-12-21-55-53-17-8-9-24-61(53)67(63(47)56)64(55)57/h4-36,38,40H,37,39H2,1-3H3. The van der Waals surface area contributed by atoms with Crippen LogP contribution in [0.3, 0.4) is 0 Å². The van der Waals surface area contributed by atoms with E-state index in [1.807, 2.05) is 0 Å². The van der Waals surface area contributed by atoms with Crippen LogP contribution in [0.15, 0.2) is 212 Å². The van der Waals surface area contributed by atoms with E-state index in [-0.39, 0.29) is 5.41 Å². The first-order valence-corrected chi connectivity index (χ1v) is 23.9. The average molecular weight is 857 g/mol. The number of para-hydroxylation sites is 3. The highest BCUT2D eigenvalue weighted by Crippen LogP contribution is 2.54. The highest BCUT2D eigenvalue weighted by Gasteiger charge is 2.39. The summed E-state index contributed by atoms with van der Waals surface area (Å²) in [7, 11) is 0. The van der Waals surface area contributed by atoms with Gasteiger partial charge in [-0.15, -0.1) is 0 Å². The van der Waals surface area contributed by atoms with Gasteiger partial charge in [-0.1, -0.05) is 191 Å². The van der Waals surface area contributed by atoms with Crippen molar-refractivity contribution >= 4 is 87.4 Å². The Morgan fingerprint density at radius 3 is 1.67 bits per heavy atom. The fourth-order valence-corrected chi connectivity index (χ4v) is 12.5. The van der Waals surface area contributed by atoms with Crippen LogP contribution in [0.2, 0.25) is 0 Å². The molecule has 318 valence electrons. The van der Waals surface area contributed by atoms with Crippen LogP contribution in [-0.2, 0) is 12.0 Å². The van der Waals surface area contributed by atoms with E-state index in [1.54, 1.807) is 0 Å². The third-order valence-electron chi connectivity index (χ3n) is 15.5. The summed E-state index contributed by atoms with van der Waals surface area (Å²) in [4.78, 5) is 2.50. The maximum absolute atomic E-state index is 2.50.